The summed E-state index contributed by atoms with van der Waals surface area (Å²) in [5.74, 6) is 1.53. The normalized spacial score (nSPS) is 12.9. The van der Waals surface area contributed by atoms with Crippen LogP contribution >= 0.6 is 61.9 Å². The summed E-state index contributed by atoms with van der Waals surface area (Å²) >= 11 is 16.4. The summed E-state index contributed by atoms with van der Waals surface area (Å²) in [6, 6.07) is 45.3. The van der Waals surface area contributed by atoms with E-state index in [0.717, 1.165) is 65.5 Å². The molecule has 0 fully saturated rings. The lowest BCUT2D eigenvalue weighted by molar-refractivity contribution is 0.0500. The van der Waals surface area contributed by atoms with Crippen molar-refractivity contribution in [3.63, 3.8) is 0 Å². The van der Waals surface area contributed by atoms with Gasteiger partial charge in [0, 0.05) is 29.6 Å². The second-order valence-corrected chi connectivity index (χ2v) is 28.4. The maximum absolute atomic E-state index is 15.2. The van der Waals surface area contributed by atoms with Gasteiger partial charge in [-0.2, -0.15) is 8.78 Å². The Labute approximate surface area is 536 Å². The molecule has 0 bridgehead atoms. The molecular formula is C66H80Cl2F2N2O12P2S2. The number of halogens is 4. The molecule has 2 atom stereocenters. The summed E-state index contributed by atoms with van der Waals surface area (Å²) in [5, 5.41) is 6.36. The molecule has 0 aliphatic carbocycles. The summed E-state index contributed by atoms with van der Waals surface area (Å²) in [6.45, 7) is 17.7. The standard InChI is InChI=1S/2C33H40ClFNO6PS/c2*1-6-40-43(38,41-7-2)31(35)20-26(36-32(37)42-33(3,4)5)18-16-25-17-19-29(22-30(25)34)44-28-15-11-14-27(21-28)39-23-24-12-9-8-10-13-24/h2*8-15,17,19-22,26H,6-7,16,18,23H2,1-5H3,(H,36,37)/b31-20+;31-20-. The smallest absolute Gasteiger partial charge is 0.408 e. The zero-order valence-electron chi connectivity index (χ0n) is 51.4. The van der Waals surface area contributed by atoms with Gasteiger partial charge < -0.3 is 47.7 Å². The maximum Gasteiger partial charge on any atom is 0.408 e. The lowest BCUT2D eigenvalue weighted by Gasteiger charge is -2.23. The number of benzene rings is 6. The quantitative estimate of drug-likeness (QED) is 0.0409. The molecule has 0 heterocycles. The van der Waals surface area contributed by atoms with Gasteiger partial charge in [-0.05, 0) is 190 Å². The van der Waals surface area contributed by atoms with E-state index in [4.69, 9.17) is 60.2 Å². The van der Waals surface area contributed by atoms with Crippen LogP contribution in [0.1, 0.15) is 104 Å². The zero-order valence-corrected chi connectivity index (χ0v) is 56.3. The first-order chi connectivity index (χ1) is 41.8. The Balaban J connectivity index is 0.000000321. The van der Waals surface area contributed by atoms with Crippen LogP contribution in [0.5, 0.6) is 11.5 Å². The van der Waals surface area contributed by atoms with Crippen molar-refractivity contribution in [3.8, 4) is 11.5 Å². The van der Waals surface area contributed by atoms with Gasteiger partial charge in [0.1, 0.15) is 35.9 Å². The molecule has 0 aromatic heterocycles. The molecular weight excluding hydrogens is 1250 g/mol. The number of hydrogen-bond acceptors (Lipinski definition) is 14. The minimum absolute atomic E-state index is 0.00628. The molecule has 2 N–H and O–H groups in total. The topological polar surface area (TPSA) is 166 Å². The molecule has 0 saturated heterocycles. The molecule has 0 aliphatic heterocycles. The molecule has 14 nitrogen and oxygen atoms in total. The van der Waals surface area contributed by atoms with Crippen LogP contribution in [0.4, 0.5) is 18.4 Å². The first kappa shape index (κ1) is 73.1. The molecule has 0 aliphatic rings. The van der Waals surface area contributed by atoms with Crippen molar-refractivity contribution in [1.29, 1.82) is 0 Å². The fourth-order valence-corrected chi connectivity index (χ4v) is 13.3. The molecule has 476 valence electrons. The highest BCUT2D eigenvalue weighted by molar-refractivity contribution is 7.99. The highest BCUT2D eigenvalue weighted by Gasteiger charge is 2.33. The monoisotopic (exact) mass is 1330 g/mol. The Morgan fingerprint density at radius 2 is 0.841 bits per heavy atom. The van der Waals surface area contributed by atoms with E-state index in [0.29, 0.717) is 36.1 Å². The first-order valence-electron chi connectivity index (χ1n) is 28.8. The van der Waals surface area contributed by atoms with Gasteiger partial charge in [-0.25, -0.2) is 9.59 Å². The van der Waals surface area contributed by atoms with Gasteiger partial charge in [-0.1, -0.05) is 132 Å². The third-order valence-electron chi connectivity index (χ3n) is 11.9. The SMILES string of the molecule is CCOP(=O)(OCC)/C(F)=C/C(CCc1ccc(Sc2cccc(OCc3ccccc3)c2)cc1Cl)NC(=O)OC(C)(C)C.CCOP(=O)(OCC)/C(F)=C\C(CCc1ccc(Sc2cccc(OCc3ccccc3)c2)cc1Cl)NC(=O)OC(C)(C)C. The minimum atomic E-state index is -4.15. The molecule has 0 radical (unpaired) electrons. The molecule has 0 saturated carbocycles. The Morgan fingerprint density at radius 3 is 1.16 bits per heavy atom. The summed E-state index contributed by atoms with van der Waals surface area (Å²) in [4.78, 5) is 28.9. The number of amides is 2. The lowest BCUT2D eigenvalue weighted by atomic mass is 10.1. The fraction of sp³-hybridized carbons (Fsp3) is 0.364. The number of hydrogen-bond donors (Lipinski definition) is 2. The van der Waals surface area contributed by atoms with Crippen molar-refractivity contribution >= 4 is 74.1 Å². The second kappa shape index (κ2) is 36.3. The van der Waals surface area contributed by atoms with E-state index in [9.17, 15) is 18.7 Å². The number of aryl methyl sites for hydroxylation is 2. The Kier molecular flexibility index (Phi) is 30.1. The van der Waals surface area contributed by atoms with E-state index < -0.39 is 61.8 Å². The number of ether oxygens (including phenoxy) is 4. The van der Waals surface area contributed by atoms with Crippen LogP contribution in [0, 0.1) is 0 Å². The van der Waals surface area contributed by atoms with Crippen molar-refractivity contribution in [1.82, 2.24) is 10.6 Å². The zero-order chi connectivity index (χ0) is 64.3. The van der Waals surface area contributed by atoms with Crippen LogP contribution in [-0.4, -0.2) is 61.9 Å². The number of alkyl carbamates (subject to hydrolysis) is 2. The van der Waals surface area contributed by atoms with E-state index in [1.54, 1.807) is 92.8 Å². The molecule has 6 aromatic carbocycles. The first-order valence-corrected chi connectivity index (χ1v) is 34.3. The van der Waals surface area contributed by atoms with E-state index in [-0.39, 0.29) is 39.3 Å². The van der Waals surface area contributed by atoms with E-state index in [1.807, 2.05) is 146 Å². The molecule has 6 aromatic rings. The lowest BCUT2D eigenvalue weighted by Crippen LogP contribution is -2.38. The van der Waals surface area contributed by atoms with Crippen LogP contribution in [-0.2, 0) is 62.8 Å². The van der Waals surface area contributed by atoms with Gasteiger partial charge in [0.2, 0.25) is 11.1 Å². The molecule has 2 unspecified atom stereocenters. The third kappa shape index (κ3) is 26.4. The van der Waals surface area contributed by atoms with Crippen molar-refractivity contribution < 1.29 is 64.5 Å². The van der Waals surface area contributed by atoms with Gasteiger partial charge in [0.15, 0.2) is 0 Å². The predicted molar refractivity (Wildman–Crippen MR) is 349 cm³/mol. The van der Waals surface area contributed by atoms with Crippen molar-refractivity contribution in [2.45, 2.75) is 151 Å². The van der Waals surface area contributed by atoms with Crippen molar-refractivity contribution in [2.24, 2.45) is 0 Å². The molecule has 22 heteroatoms. The van der Waals surface area contributed by atoms with Crippen LogP contribution in [0.2, 0.25) is 10.0 Å². The van der Waals surface area contributed by atoms with Crippen molar-refractivity contribution in [2.75, 3.05) is 26.4 Å². The molecule has 88 heavy (non-hydrogen) atoms. The second-order valence-electron chi connectivity index (χ2n) is 21.4. The van der Waals surface area contributed by atoms with Gasteiger partial charge in [0.25, 0.3) is 0 Å². The van der Waals surface area contributed by atoms with Gasteiger partial charge in [-0.3, -0.25) is 9.13 Å². The summed E-state index contributed by atoms with van der Waals surface area (Å²) in [7, 11) is -8.31. The van der Waals surface area contributed by atoms with Gasteiger partial charge in [-0.15, -0.1) is 0 Å². The number of nitrogens with one attached hydrogen (secondary N) is 2. The van der Waals surface area contributed by atoms with Gasteiger partial charge >= 0.3 is 27.4 Å². The number of carbonyl (C=O) groups is 2. The van der Waals surface area contributed by atoms with E-state index >= 15 is 8.78 Å². The maximum atomic E-state index is 15.2. The van der Waals surface area contributed by atoms with E-state index in [1.165, 1.54) is 0 Å². The molecule has 0 spiro atoms. The Hall–Kier alpha value is -5.62. The average molecular weight is 1330 g/mol. The summed E-state index contributed by atoms with van der Waals surface area (Å²) in [6.07, 6.45) is 1.93. The predicted octanol–water partition coefficient (Wildman–Crippen LogP) is 19.9. The highest BCUT2D eigenvalue weighted by Crippen LogP contribution is 2.57. The average Bonchev–Trinajstić information content (AvgIpc) is 3.58. The summed E-state index contributed by atoms with van der Waals surface area (Å²) < 4.78 is 99.4. The fourth-order valence-electron chi connectivity index (χ4n) is 8.05. The number of carbonyl (C=O) groups excluding carboxylic acids is 2. The highest BCUT2D eigenvalue weighted by atomic mass is 35.5. The number of rotatable bonds is 30. The summed E-state index contributed by atoms with van der Waals surface area (Å²) in [5.41, 5.74) is 0.127. The Bertz CT molecular complexity index is 3100. The van der Waals surface area contributed by atoms with Crippen LogP contribution < -0.4 is 20.1 Å². The van der Waals surface area contributed by atoms with E-state index in [2.05, 4.69) is 10.6 Å². The Morgan fingerprint density at radius 1 is 0.500 bits per heavy atom. The minimum Gasteiger partial charge on any atom is -0.489 e. The molecule has 2 amide bonds. The van der Waals surface area contributed by atoms with Crippen LogP contribution in [0.15, 0.2) is 188 Å². The largest absolute Gasteiger partial charge is 0.489 e. The van der Waals surface area contributed by atoms with Gasteiger partial charge in [0.05, 0.1) is 38.5 Å². The van der Waals surface area contributed by atoms with Crippen molar-refractivity contribution in [3.05, 3.63) is 201 Å². The third-order valence-corrected chi connectivity index (χ3v) is 18.3. The van der Waals surface area contributed by atoms with Crippen LogP contribution in [0.3, 0.4) is 0 Å². The van der Waals surface area contributed by atoms with Crippen LogP contribution in [0.25, 0.3) is 0 Å². The molecule has 6 rings (SSSR count).